The first-order valence-corrected chi connectivity index (χ1v) is 7.74. The molecular weight excluding hydrogens is 372 g/mol. The first-order chi connectivity index (χ1) is 12.0. The van der Waals surface area contributed by atoms with Gasteiger partial charge in [0.25, 0.3) is 0 Å². The van der Waals surface area contributed by atoms with Crippen molar-refractivity contribution in [2.24, 2.45) is 0 Å². The van der Waals surface area contributed by atoms with E-state index in [2.05, 4.69) is 15.7 Å². The average Bonchev–Trinajstić information content (AvgIpc) is 2.91. The van der Waals surface area contributed by atoms with Crippen molar-refractivity contribution in [3.63, 3.8) is 0 Å². The second kappa shape index (κ2) is 7.04. The first-order valence-electron chi connectivity index (χ1n) is 6.98. The fourth-order valence-electron chi connectivity index (χ4n) is 2.06. The molecule has 3 rings (SSSR count). The van der Waals surface area contributed by atoms with Crippen molar-refractivity contribution in [1.29, 1.82) is 0 Å². The van der Waals surface area contributed by atoms with Gasteiger partial charge in [0.2, 0.25) is 5.91 Å². The molecule has 0 aliphatic heterocycles. The largest absolute Gasteiger partial charge is 0.369 e. The number of halogens is 3. The van der Waals surface area contributed by atoms with Crippen molar-refractivity contribution in [2.75, 3.05) is 5.32 Å². The highest BCUT2D eigenvalue weighted by Crippen LogP contribution is 2.22. The van der Waals surface area contributed by atoms with E-state index in [1.807, 2.05) is 0 Å². The maximum absolute atomic E-state index is 13.0. The Hall–Kier alpha value is -2.71. The molecule has 0 saturated heterocycles. The minimum absolute atomic E-state index is 0.0421. The van der Waals surface area contributed by atoms with E-state index in [1.165, 1.54) is 6.07 Å². The van der Waals surface area contributed by atoms with Crippen LogP contribution in [-0.2, 0) is 11.3 Å². The molecule has 1 heterocycles. The third-order valence-electron chi connectivity index (χ3n) is 3.22. The van der Waals surface area contributed by atoms with Gasteiger partial charge in [0, 0.05) is 0 Å². The summed E-state index contributed by atoms with van der Waals surface area (Å²) in [6.07, 6.45) is 0. The number of aromatic nitrogens is 4. The number of tetrazole rings is 1. The topological polar surface area (TPSA) is 81.8 Å². The van der Waals surface area contributed by atoms with Crippen LogP contribution in [0.1, 0.15) is 0 Å². The van der Waals surface area contributed by atoms with Crippen molar-refractivity contribution in [3.8, 4) is 5.69 Å². The maximum atomic E-state index is 13.0. The van der Waals surface area contributed by atoms with Crippen LogP contribution in [0.15, 0.2) is 47.3 Å². The number of nitrogens with one attached hydrogen (secondary N) is 1. The number of benzene rings is 2. The number of rotatable bonds is 4. The summed E-state index contributed by atoms with van der Waals surface area (Å²) < 4.78 is 14.9. The van der Waals surface area contributed by atoms with Gasteiger partial charge in [0.15, 0.2) is 0 Å². The molecule has 0 bridgehead atoms. The first kappa shape index (κ1) is 17.1. The normalized spacial score (nSPS) is 10.7. The van der Waals surface area contributed by atoms with E-state index in [1.54, 1.807) is 24.3 Å². The Morgan fingerprint density at radius 1 is 1.12 bits per heavy atom. The highest BCUT2D eigenvalue weighted by Gasteiger charge is 2.15. The smallest absolute Gasteiger partial charge is 0.323 e. The van der Waals surface area contributed by atoms with Gasteiger partial charge in [-0.15, -0.1) is 0 Å². The van der Waals surface area contributed by atoms with E-state index in [9.17, 15) is 14.0 Å². The van der Waals surface area contributed by atoms with Gasteiger partial charge in [0.1, 0.15) is 12.4 Å². The molecule has 0 fully saturated rings. The van der Waals surface area contributed by atoms with Crippen LogP contribution in [0.2, 0.25) is 10.0 Å². The number of carbonyl (C=O) groups is 1. The third-order valence-corrected chi connectivity index (χ3v) is 3.85. The van der Waals surface area contributed by atoms with Crippen molar-refractivity contribution in [2.45, 2.75) is 6.54 Å². The molecule has 0 saturated carbocycles. The lowest BCUT2D eigenvalue weighted by atomic mass is 10.3. The van der Waals surface area contributed by atoms with Crippen molar-refractivity contribution in [1.82, 2.24) is 19.8 Å². The van der Waals surface area contributed by atoms with Crippen LogP contribution < -0.4 is 11.0 Å². The number of para-hydroxylation sites is 1. The van der Waals surface area contributed by atoms with Gasteiger partial charge in [-0.05, 0) is 40.8 Å². The second-order valence-electron chi connectivity index (χ2n) is 4.95. The number of hydrogen-bond donors (Lipinski definition) is 1. The zero-order valence-electron chi connectivity index (χ0n) is 12.5. The predicted octanol–water partition coefficient (Wildman–Crippen LogP) is 2.51. The Balaban J connectivity index is 1.79. The summed E-state index contributed by atoms with van der Waals surface area (Å²) in [5.41, 5.74) is -0.0598. The zero-order valence-corrected chi connectivity index (χ0v) is 14.0. The Morgan fingerprint density at radius 3 is 2.60 bits per heavy atom. The van der Waals surface area contributed by atoms with Crippen LogP contribution in [0.25, 0.3) is 5.69 Å². The lowest BCUT2D eigenvalue weighted by molar-refractivity contribution is -0.117. The molecule has 2 aromatic carbocycles. The highest BCUT2D eigenvalue weighted by molar-refractivity contribution is 6.33. The fraction of sp³-hybridized carbons (Fsp3) is 0.0667. The van der Waals surface area contributed by atoms with E-state index in [4.69, 9.17) is 23.2 Å². The quantitative estimate of drug-likeness (QED) is 0.752. The Labute approximate surface area is 150 Å². The molecule has 1 N–H and O–H groups in total. The summed E-state index contributed by atoms with van der Waals surface area (Å²) >= 11 is 11.9. The second-order valence-corrected chi connectivity index (χ2v) is 5.77. The summed E-state index contributed by atoms with van der Waals surface area (Å²) in [7, 11) is 0. The van der Waals surface area contributed by atoms with Crippen molar-refractivity contribution < 1.29 is 9.18 Å². The van der Waals surface area contributed by atoms with Gasteiger partial charge in [-0.1, -0.05) is 35.3 Å². The van der Waals surface area contributed by atoms with E-state index in [0.717, 1.165) is 21.5 Å². The van der Waals surface area contributed by atoms with Gasteiger partial charge >= 0.3 is 5.69 Å². The van der Waals surface area contributed by atoms with E-state index in [0.29, 0.717) is 10.7 Å². The van der Waals surface area contributed by atoms with E-state index < -0.39 is 24.0 Å². The molecule has 0 aliphatic rings. The molecule has 3 aromatic rings. The van der Waals surface area contributed by atoms with Crippen molar-refractivity contribution in [3.05, 3.63) is 68.8 Å². The van der Waals surface area contributed by atoms with Crippen LogP contribution in [0, 0.1) is 5.82 Å². The monoisotopic (exact) mass is 381 g/mol. The molecule has 10 heteroatoms. The third kappa shape index (κ3) is 3.70. The molecule has 0 atom stereocenters. The van der Waals surface area contributed by atoms with Gasteiger partial charge < -0.3 is 5.32 Å². The molecule has 128 valence electrons. The Kier molecular flexibility index (Phi) is 4.82. The molecule has 0 spiro atoms. The molecular formula is C15H10Cl2FN5O2. The molecule has 0 unspecified atom stereocenters. The van der Waals surface area contributed by atoms with Crippen LogP contribution in [0.3, 0.4) is 0 Å². The Bertz CT molecular complexity index is 1000. The maximum Gasteiger partial charge on any atom is 0.369 e. The van der Waals surface area contributed by atoms with E-state index >= 15 is 0 Å². The number of carbonyl (C=O) groups excluding carboxylic acids is 1. The SMILES string of the molecule is O=C(Cn1nnn(-c2ccccc2Cl)c1=O)Nc1ccc(F)cc1Cl. The van der Waals surface area contributed by atoms with Crippen molar-refractivity contribution >= 4 is 34.8 Å². The Morgan fingerprint density at radius 2 is 1.88 bits per heavy atom. The predicted molar refractivity (Wildman–Crippen MR) is 90.7 cm³/mol. The molecule has 0 radical (unpaired) electrons. The average molecular weight is 382 g/mol. The van der Waals surface area contributed by atoms with Crippen LogP contribution in [0.5, 0.6) is 0 Å². The summed E-state index contributed by atoms with van der Waals surface area (Å²) in [6.45, 7) is -0.392. The van der Waals surface area contributed by atoms with Gasteiger partial charge in [-0.3, -0.25) is 4.79 Å². The van der Waals surface area contributed by atoms with Gasteiger partial charge in [0.05, 0.1) is 21.4 Å². The minimum atomic E-state index is -0.631. The number of nitrogens with zero attached hydrogens (tertiary/aromatic N) is 4. The van der Waals surface area contributed by atoms with Crippen LogP contribution in [-0.4, -0.2) is 25.7 Å². The van der Waals surface area contributed by atoms with Crippen LogP contribution >= 0.6 is 23.2 Å². The van der Waals surface area contributed by atoms with Gasteiger partial charge in [-0.2, -0.15) is 9.36 Å². The molecule has 0 aliphatic carbocycles. The molecule has 1 aromatic heterocycles. The molecule has 1 amide bonds. The summed E-state index contributed by atoms with van der Waals surface area (Å²) in [6, 6.07) is 10.1. The number of amides is 1. The number of anilines is 1. The zero-order chi connectivity index (χ0) is 18.0. The summed E-state index contributed by atoms with van der Waals surface area (Å²) in [5.74, 6) is -1.09. The lowest BCUT2D eigenvalue weighted by Crippen LogP contribution is -2.29. The summed E-state index contributed by atoms with van der Waals surface area (Å²) in [4.78, 5) is 24.4. The minimum Gasteiger partial charge on any atom is -0.323 e. The number of hydrogen-bond acceptors (Lipinski definition) is 4. The standard InChI is InChI=1S/C15H10Cl2FN5O2/c16-10-3-1-2-4-13(10)23-15(25)22(20-21-23)8-14(24)19-12-6-5-9(18)7-11(12)17/h1-7H,8H2,(H,19,24). The fourth-order valence-corrected chi connectivity index (χ4v) is 2.49. The van der Waals surface area contributed by atoms with E-state index in [-0.39, 0.29) is 10.7 Å². The van der Waals surface area contributed by atoms with Crippen LogP contribution in [0.4, 0.5) is 10.1 Å². The molecule has 25 heavy (non-hydrogen) atoms. The summed E-state index contributed by atoms with van der Waals surface area (Å²) in [5, 5.41) is 10.2. The highest BCUT2D eigenvalue weighted by atomic mass is 35.5. The molecule has 7 nitrogen and oxygen atoms in total. The van der Waals surface area contributed by atoms with Gasteiger partial charge in [-0.25, -0.2) is 9.18 Å². The lowest BCUT2D eigenvalue weighted by Gasteiger charge is -2.06.